The van der Waals surface area contributed by atoms with Crippen LogP contribution in [0.1, 0.15) is 15.9 Å². The fourth-order valence-electron chi connectivity index (χ4n) is 3.46. The molecule has 0 bridgehead atoms. The Morgan fingerprint density at radius 1 is 0.850 bits per heavy atom. The van der Waals surface area contributed by atoms with Gasteiger partial charge in [0, 0.05) is 26.3 Å². The summed E-state index contributed by atoms with van der Waals surface area (Å²) in [6.45, 7) is 0. The molecule has 202 valence electrons. The maximum Gasteiger partial charge on any atom is 0.272 e. The highest BCUT2D eigenvalue weighted by Gasteiger charge is 2.15. The summed E-state index contributed by atoms with van der Waals surface area (Å²) in [5.74, 6) is -1.63. The molecule has 0 aliphatic carbocycles. The highest BCUT2D eigenvalue weighted by molar-refractivity contribution is 9.10. The van der Waals surface area contributed by atoms with Crippen molar-refractivity contribution < 1.29 is 18.8 Å². The average Bonchev–Trinajstić information content (AvgIpc) is 2.95. The number of amides is 3. The molecular formula is C30H22BrClFN3O3S. The monoisotopic (exact) mass is 637 g/mol. The molecule has 0 aliphatic heterocycles. The Balaban J connectivity index is 1.40. The molecule has 10 heteroatoms. The maximum atomic E-state index is 13.3. The lowest BCUT2D eigenvalue weighted by Crippen LogP contribution is -2.30. The van der Waals surface area contributed by atoms with E-state index in [2.05, 4.69) is 31.9 Å². The summed E-state index contributed by atoms with van der Waals surface area (Å²) >= 11 is 10.5. The van der Waals surface area contributed by atoms with Crippen molar-refractivity contribution in [2.24, 2.45) is 0 Å². The van der Waals surface area contributed by atoms with E-state index in [1.807, 2.05) is 24.3 Å². The Labute approximate surface area is 248 Å². The van der Waals surface area contributed by atoms with Gasteiger partial charge >= 0.3 is 0 Å². The van der Waals surface area contributed by atoms with Crippen molar-refractivity contribution in [3.63, 3.8) is 0 Å². The van der Waals surface area contributed by atoms with E-state index in [9.17, 15) is 18.8 Å². The van der Waals surface area contributed by atoms with Crippen LogP contribution in [0.2, 0.25) is 5.02 Å². The number of rotatable bonds is 9. The van der Waals surface area contributed by atoms with E-state index in [1.165, 1.54) is 30.0 Å². The van der Waals surface area contributed by atoms with Crippen LogP contribution < -0.4 is 16.0 Å². The van der Waals surface area contributed by atoms with Crippen LogP contribution in [0.25, 0.3) is 6.08 Å². The predicted molar refractivity (Wildman–Crippen MR) is 162 cm³/mol. The first-order valence-electron chi connectivity index (χ1n) is 11.9. The third-order valence-corrected chi connectivity index (χ3v) is 7.17. The van der Waals surface area contributed by atoms with Crippen molar-refractivity contribution in [2.75, 3.05) is 16.4 Å². The molecule has 0 heterocycles. The topological polar surface area (TPSA) is 87.3 Å². The molecule has 3 amide bonds. The predicted octanol–water partition coefficient (Wildman–Crippen LogP) is 7.38. The van der Waals surface area contributed by atoms with Gasteiger partial charge in [-0.25, -0.2) is 4.39 Å². The molecule has 0 fully saturated rings. The molecule has 0 radical (unpaired) electrons. The van der Waals surface area contributed by atoms with E-state index in [4.69, 9.17) is 11.6 Å². The molecule has 0 atom stereocenters. The minimum absolute atomic E-state index is 0.0719. The minimum atomic E-state index is -0.560. The second-order valence-electron chi connectivity index (χ2n) is 8.38. The molecule has 0 saturated heterocycles. The Morgan fingerprint density at radius 3 is 2.27 bits per heavy atom. The number of nitrogens with one attached hydrogen (secondary N) is 3. The lowest BCUT2D eigenvalue weighted by molar-refractivity contribution is -0.114. The Bertz CT molecular complexity index is 1570. The van der Waals surface area contributed by atoms with Gasteiger partial charge in [0.05, 0.1) is 10.8 Å². The van der Waals surface area contributed by atoms with Gasteiger partial charge in [0.2, 0.25) is 5.91 Å². The number of thioether (sulfide) groups is 1. The zero-order chi connectivity index (χ0) is 28.5. The first-order valence-corrected chi connectivity index (χ1v) is 14.1. The van der Waals surface area contributed by atoms with Gasteiger partial charge < -0.3 is 16.0 Å². The largest absolute Gasteiger partial charge is 0.325 e. The summed E-state index contributed by atoms with van der Waals surface area (Å²) in [6.07, 6.45) is 1.60. The summed E-state index contributed by atoms with van der Waals surface area (Å²) in [4.78, 5) is 39.0. The molecule has 0 saturated carbocycles. The zero-order valence-electron chi connectivity index (χ0n) is 20.8. The number of halogens is 3. The van der Waals surface area contributed by atoms with Crippen molar-refractivity contribution in [1.82, 2.24) is 5.32 Å². The van der Waals surface area contributed by atoms with Crippen molar-refractivity contribution >= 4 is 74.5 Å². The molecule has 4 aromatic rings. The van der Waals surface area contributed by atoms with Gasteiger partial charge in [-0.3, -0.25) is 14.4 Å². The Kier molecular flexibility index (Phi) is 10.1. The molecule has 4 aromatic carbocycles. The standard InChI is InChI=1S/C30H22BrClFN3O3S/c31-21-8-4-5-19(15-21)16-27(36-29(38)20-6-2-1-3-7-20)30(39)35-22-9-12-24(13-10-22)40-18-28(37)34-23-11-14-26(33)25(32)17-23/h1-17H,18H2,(H,34,37)(H,35,39)(H,36,38)/b27-16-. The van der Waals surface area contributed by atoms with Gasteiger partial charge in [-0.1, -0.05) is 57.9 Å². The molecule has 0 spiro atoms. The maximum absolute atomic E-state index is 13.3. The second kappa shape index (κ2) is 13.9. The summed E-state index contributed by atoms with van der Waals surface area (Å²) in [7, 11) is 0. The highest BCUT2D eigenvalue weighted by Crippen LogP contribution is 2.23. The van der Waals surface area contributed by atoms with Crippen LogP contribution in [0.3, 0.4) is 0 Å². The SMILES string of the molecule is O=C(CSc1ccc(NC(=O)/C(=C/c2cccc(Br)c2)NC(=O)c2ccccc2)cc1)Nc1ccc(F)c(Cl)c1. The van der Waals surface area contributed by atoms with E-state index >= 15 is 0 Å². The Hall–Kier alpha value is -3.92. The number of carbonyl (C=O) groups is 3. The first kappa shape index (κ1) is 29.1. The molecular weight excluding hydrogens is 617 g/mol. The van der Waals surface area contributed by atoms with Gasteiger partial charge in [-0.15, -0.1) is 11.8 Å². The average molecular weight is 639 g/mol. The molecule has 0 aliphatic rings. The van der Waals surface area contributed by atoms with Crippen molar-refractivity contribution in [1.29, 1.82) is 0 Å². The highest BCUT2D eigenvalue weighted by atomic mass is 79.9. The van der Waals surface area contributed by atoms with Gasteiger partial charge in [-0.2, -0.15) is 0 Å². The van der Waals surface area contributed by atoms with Gasteiger partial charge in [0.15, 0.2) is 0 Å². The first-order chi connectivity index (χ1) is 19.3. The number of hydrogen-bond donors (Lipinski definition) is 3. The van der Waals surface area contributed by atoms with E-state index < -0.39 is 17.6 Å². The summed E-state index contributed by atoms with van der Waals surface area (Å²) in [5.41, 5.74) is 2.13. The van der Waals surface area contributed by atoms with Crippen LogP contribution in [-0.2, 0) is 9.59 Å². The van der Waals surface area contributed by atoms with Crippen molar-refractivity contribution in [3.05, 3.63) is 129 Å². The van der Waals surface area contributed by atoms with Crippen LogP contribution in [0, 0.1) is 5.82 Å². The van der Waals surface area contributed by atoms with Crippen LogP contribution >= 0.6 is 39.3 Å². The molecule has 3 N–H and O–H groups in total. The molecule has 0 unspecified atom stereocenters. The van der Waals surface area contributed by atoms with E-state index in [0.717, 1.165) is 14.9 Å². The lowest BCUT2D eigenvalue weighted by Gasteiger charge is -2.12. The number of hydrogen-bond acceptors (Lipinski definition) is 4. The summed E-state index contributed by atoms with van der Waals surface area (Å²) < 4.78 is 14.1. The van der Waals surface area contributed by atoms with E-state index in [0.29, 0.717) is 16.9 Å². The van der Waals surface area contributed by atoms with Gasteiger partial charge in [0.25, 0.3) is 11.8 Å². The molecule has 4 rings (SSSR count). The fraction of sp³-hybridized carbons (Fsp3) is 0.0333. The fourth-order valence-corrected chi connectivity index (χ4v) is 4.75. The van der Waals surface area contributed by atoms with Crippen LogP contribution in [0.4, 0.5) is 15.8 Å². The summed E-state index contributed by atoms with van der Waals surface area (Å²) in [6, 6.07) is 26.9. The third-order valence-electron chi connectivity index (χ3n) is 5.37. The van der Waals surface area contributed by atoms with Crippen LogP contribution in [0.5, 0.6) is 0 Å². The minimum Gasteiger partial charge on any atom is -0.325 e. The van der Waals surface area contributed by atoms with Crippen molar-refractivity contribution in [2.45, 2.75) is 4.90 Å². The number of anilines is 2. The van der Waals surface area contributed by atoms with Crippen LogP contribution in [0.15, 0.2) is 112 Å². The zero-order valence-corrected chi connectivity index (χ0v) is 23.9. The normalized spacial score (nSPS) is 11.0. The van der Waals surface area contributed by atoms with Gasteiger partial charge in [-0.05, 0) is 78.4 Å². The molecule has 40 heavy (non-hydrogen) atoms. The van der Waals surface area contributed by atoms with Crippen molar-refractivity contribution in [3.8, 4) is 0 Å². The number of benzene rings is 4. The lowest BCUT2D eigenvalue weighted by atomic mass is 10.1. The summed E-state index contributed by atoms with van der Waals surface area (Å²) in [5, 5.41) is 8.11. The van der Waals surface area contributed by atoms with Gasteiger partial charge in [0.1, 0.15) is 11.5 Å². The second-order valence-corrected chi connectivity index (χ2v) is 10.7. The third kappa shape index (κ3) is 8.54. The van der Waals surface area contributed by atoms with E-state index in [-0.39, 0.29) is 22.4 Å². The van der Waals surface area contributed by atoms with E-state index in [1.54, 1.807) is 60.7 Å². The quantitative estimate of drug-likeness (QED) is 0.132. The Morgan fingerprint density at radius 2 is 1.57 bits per heavy atom. The molecule has 6 nitrogen and oxygen atoms in total. The van der Waals surface area contributed by atoms with Crippen LogP contribution in [-0.4, -0.2) is 23.5 Å². The smallest absolute Gasteiger partial charge is 0.272 e. The molecule has 0 aromatic heterocycles. The number of carbonyl (C=O) groups excluding carboxylic acids is 3.